The Bertz CT molecular complexity index is 1040. The molecule has 172 valence electrons. The average Bonchev–Trinajstić information content (AvgIpc) is 3.14. The predicted octanol–water partition coefficient (Wildman–Crippen LogP) is 3.53. The molecule has 1 aliphatic carbocycles. The average molecular weight is 449 g/mol. The number of hydrogen-bond acceptors (Lipinski definition) is 4. The zero-order valence-electron chi connectivity index (χ0n) is 18.8. The van der Waals surface area contributed by atoms with Crippen LogP contribution in [0.3, 0.4) is 0 Å². The third kappa shape index (κ3) is 5.72. The molecule has 0 heterocycles. The summed E-state index contributed by atoms with van der Waals surface area (Å²) in [6.07, 6.45) is -0.245. The lowest BCUT2D eigenvalue weighted by Gasteiger charge is -2.19. The molecule has 0 spiro atoms. The van der Waals surface area contributed by atoms with E-state index in [0.717, 1.165) is 22.3 Å². The first kappa shape index (κ1) is 23.9. The monoisotopic (exact) mass is 448 g/mol. The van der Waals surface area contributed by atoms with Gasteiger partial charge in [0, 0.05) is 18.9 Å². The molecule has 0 bridgehead atoms. The molecule has 2 unspecified atom stereocenters. The van der Waals surface area contributed by atoms with Crippen LogP contribution in [0, 0.1) is 17.8 Å². The summed E-state index contributed by atoms with van der Waals surface area (Å²) in [5.41, 5.74) is 4.44. The fourth-order valence-electron chi connectivity index (χ4n) is 3.95. The van der Waals surface area contributed by atoms with Gasteiger partial charge in [0.15, 0.2) is 0 Å². The maximum absolute atomic E-state index is 12.6. The third-order valence-electron chi connectivity index (χ3n) is 5.80. The van der Waals surface area contributed by atoms with Crippen molar-refractivity contribution in [2.75, 3.05) is 13.2 Å². The van der Waals surface area contributed by atoms with E-state index in [0.29, 0.717) is 6.42 Å². The first-order valence-corrected chi connectivity index (χ1v) is 11.0. The standard InChI is InChI=1S/C26H28N2O5/c1-3-5-14-23(24(29)27-15-17(4-2)25(30)31)28-26(32)33-16-22-20-12-8-6-10-18(20)19-11-7-9-13-21(19)22/h6-13,17,22-23H,4,14-16H2,1-2H3,(H,27,29)(H,28,32)(H,30,31). The van der Waals surface area contributed by atoms with E-state index < -0.39 is 29.9 Å². The molecule has 7 heteroatoms. The Balaban J connectivity index is 1.63. The number of alkyl carbamates (subject to hydrolysis) is 1. The molecule has 1 aliphatic rings. The number of carbonyl (C=O) groups excluding carboxylic acids is 2. The van der Waals surface area contributed by atoms with Gasteiger partial charge in [-0.1, -0.05) is 55.5 Å². The second-order valence-corrected chi connectivity index (χ2v) is 7.84. The highest BCUT2D eigenvalue weighted by Crippen LogP contribution is 2.44. The number of rotatable bonds is 9. The summed E-state index contributed by atoms with van der Waals surface area (Å²) in [6, 6.07) is 15.1. The van der Waals surface area contributed by atoms with Crippen LogP contribution in [0.25, 0.3) is 11.1 Å². The van der Waals surface area contributed by atoms with Gasteiger partial charge < -0.3 is 20.5 Å². The Kier molecular flexibility index (Phi) is 8.09. The molecule has 0 saturated carbocycles. The van der Waals surface area contributed by atoms with Crippen LogP contribution in [0.4, 0.5) is 4.79 Å². The highest BCUT2D eigenvalue weighted by Gasteiger charge is 2.30. The van der Waals surface area contributed by atoms with Gasteiger partial charge in [0.1, 0.15) is 12.6 Å². The minimum absolute atomic E-state index is 0.0207. The number of carboxylic acid groups (broad SMARTS) is 1. The summed E-state index contributed by atoms with van der Waals surface area (Å²) in [7, 11) is 0. The van der Waals surface area contributed by atoms with Crippen molar-refractivity contribution in [2.24, 2.45) is 5.92 Å². The first-order valence-electron chi connectivity index (χ1n) is 11.0. The maximum Gasteiger partial charge on any atom is 0.407 e. The fraction of sp³-hybridized carbons (Fsp3) is 0.346. The van der Waals surface area contributed by atoms with Crippen molar-refractivity contribution in [3.05, 3.63) is 59.7 Å². The number of carboxylic acids is 1. The molecule has 33 heavy (non-hydrogen) atoms. The predicted molar refractivity (Wildman–Crippen MR) is 124 cm³/mol. The Morgan fingerprint density at radius 2 is 1.67 bits per heavy atom. The van der Waals surface area contributed by atoms with E-state index >= 15 is 0 Å². The van der Waals surface area contributed by atoms with Gasteiger partial charge in [0.2, 0.25) is 5.91 Å². The van der Waals surface area contributed by atoms with Crippen LogP contribution in [0.15, 0.2) is 48.5 Å². The number of ether oxygens (including phenoxy) is 1. The Labute approximate surface area is 193 Å². The molecule has 7 nitrogen and oxygen atoms in total. The van der Waals surface area contributed by atoms with E-state index in [1.165, 1.54) is 0 Å². The quantitative estimate of drug-likeness (QED) is 0.509. The normalized spacial score (nSPS) is 13.5. The molecule has 0 saturated heterocycles. The van der Waals surface area contributed by atoms with Crippen molar-refractivity contribution in [1.29, 1.82) is 0 Å². The Morgan fingerprint density at radius 3 is 2.21 bits per heavy atom. The lowest BCUT2D eigenvalue weighted by atomic mass is 9.98. The second-order valence-electron chi connectivity index (χ2n) is 7.84. The smallest absolute Gasteiger partial charge is 0.407 e. The summed E-state index contributed by atoms with van der Waals surface area (Å²) < 4.78 is 5.51. The lowest BCUT2D eigenvalue weighted by molar-refractivity contribution is -0.141. The van der Waals surface area contributed by atoms with Gasteiger partial charge in [-0.2, -0.15) is 0 Å². The van der Waals surface area contributed by atoms with E-state index in [4.69, 9.17) is 9.84 Å². The van der Waals surface area contributed by atoms with Crippen LogP contribution in [0.2, 0.25) is 0 Å². The van der Waals surface area contributed by atoms with Crippen LogP contribution in [-0.2, 0) is 14.3 Å². The van der Waals surface area contributed by atoms with Gasteiger partial charge in [-0.3, -0.25) is 9.59 Å². The van der Waals surface area contributed by atoms with E-state index in [1.807, 2.05) is 36.4 Å². The van der Waals surface area contributed by atoms with E-state index in [1.54, 1.807) is 13.8 Å². The number of fused-ring (bicyclic) bond motifs is 3. The molecule has 2 aromatic carbocycles. The van der Waals surface area contributed by atoms with Crippen LogP contribution >= 0.6 is 0 Å². The van der Waals surface area contributed by atoms with E-state index in [9.17, 15) is 14.4 Å². The van der Waals surface area contributed by atoms with Gasteiger partial charge in [-0.25, -0.2) is 4.79 Å². The minimum atomic E-state index is -0.979. The molecule has 2 aromatic rings. The number of nitrogens with one attached hydrogen (secondary N) is 2. The van der Waals surface area contributed by atoms with Crippen molar-refractivity contribution in [1.82, 2.24) is 10.6 Å². The number of aliphatic carboxylic acids is 1. The molecular weight excluding hydrogens is 420 g/mol. The fourth-order valence-corrected chi connectivity index (χ4v) is 3.95. The summed E-state index contributed by atoms with van der Waals surface area (Å²) in [5, 5.41) is 14.3. The van der Waals surface area contributed by atoms with Crippen molar-refractivity contribution < 1.29 is 24.2 Å². The summed E-state index contributed by atoms with van der Waals surface area (Å²) in [4.78, 5) is 36.3. The molecule has 0 radical (unpaired) electrons. The second kappa shape index (κ2) is 11.2. The van der Waals surface area contributed by atoms with Crippen LogP contribution in [0.1, 0.15) is 43.7 Å². The van der Waals surface area contributed by atoms with Gasteiger partial charge in [-0.15, -0.1) is 11.8 Å². The van der Waals surface area contributed by atoms with Gasteiger partial charge in [0.25, 0.3) is 0 Å². The molecule has 2 amide bonds. The zero-order valence-corrected chi connectivity index (χ0v) is 18.8. The highest BCUT2D eigenvalue weighted by atomic mass is 16.5. The van der Waals surface area contributed by atoms with Gasteiger partial charge in [0.05, 0.1) is 5.92 Å². The molecule has 3 N–H and O–H groups in total. The Morgan fingerprint density at radius 1 is 1.06 bits per heavy atom. The molecule has 0 fully saturated rings. The summed E-state index contributed by atoms with van der Waals surface area (Å²) in [5.74, 6) is 3.23. The minimum Gasteiger partial charge on any atom is -0.481 e. The van der Waals surface area contributed by atoms with Crippen LogP contribution in [-0.4, -0.2) is 42.3 Å². The molecule has 0 aromatic heterocycles. The number of benzene rings is 2. The number of amides is 2. The summed E-state index contributed by atoms with van der Waals surface area (Å²) in [6.45, 7) is 3.48. The molecule has 2 atom stereocenters. The van der Waals surface area contributed by atoms with Crippen LogP contribution in [0.5, 0.6) is 0 Å². The van der Waals surface area contributed by atoms with Gasteiger partial charge in [-0.05, 0) is 35.6 Å². The molecular formula is C26H28N2O5. The topological polar surface area (TPSA) is 105 Å². The number of hydrogen-bond donors (Lipinski definition) is 3. The van der Waals surface area contributed by atoms with E-state index in [-0.39, 0.29) is 25.5 Å². The van der Waals surface area contributed by atoms with Gasteiger partial charge >= 0.3 is 12.1 Å². The van der Waals surface area contributed by atoms with Crippen molar-refractivity contribution >= 4 is 18.0 Å². The Hall–Kier alpha value is -3.79. The maximum atomic E-state index is 12.6. The molecule has 0 aliphatic heterocycles. The van der Waals surface area contributed by atoms with Crippen molar-refractivity contribution in [2.45, 2.75) is 38.6 Å². The first-order chi connectivity index (χ1) is 16.0. The lowest BCUT2D eigenvalue weighted by Crippen LogP contribution is -2.48. The number of carbonyl (C=O) groups is 3. The largest absolute Gasteiger partial charge is 0.481 e. The van der Waals surface area contributed by atoms with Crippen LogP contribution < -0.4 is 10.6 Å². The van der Waals surface area contributed by atoms with E-state index in [2.05, 4.69) is 34.6 Å². The van der Waals surface area contributed by atoms with Crippen molar-refractivity contribution in [3.8, 4) is 23.0 Å². The molecule has 3 rings (SSSR count). The highest BCUT2D eigenvalue weighted by molar-refractivity contribution is 5.86. The SMILES string of the molecule is CC#CCC(NC(=O)OCC1c2ccccc2-c2ccccc21)C(=O)NCC(CC)C(=O)O. The third-order valence-corrected chi connectivity index (χ3v) is 5.80. The van der Waals surface area contributed by atoms with Crippen molar-refractivity contribution in [3.63, 3.8) is 0 Å². The zero-order chi connectivity index (χ0) is 23.8. The summed E-state index contributed by atoms with van der Waals surface area (Å²) >= 11 is 0.